The Bertz CT molecular complexity index is 1020. The summed E-state index contributed by atoms with van der Waals surface area (Å²) >= 11 is 0. The molecule has 0 aliphatic heterocycles. The van der Waals surface area contributed by atoms with Crippen LogP contribution < -0.4 is 0 Å². The molecule has 0 saturated carbocycles. The predicted octanol–water partition coefficient (Wildman–Crippen LogP) is 5.54. The number of fused-ring (bicyclic) bond motifs is 1. The van der Waals surface area contributed by atoms with E-state index in [-0.39, 0.29) is 5.78 Å². The summed E-state index contributed by atoms with van der Waals surface area (Å²) in [6, 6.07) is 32.7. The van der Waals surface area contributed by atoms with E-state index in [1.807, 2.05) is 60.7 Å². The molecule has 113 valence electrons. The van der Waals surface area contributed by atoms with Gasteiger partial charge in [0.15, 0.2) is 5.78 Å². The lowest BCUT2D eigenvalue weighted by atomic mass is 9.97. The van der Waals surface area contributed by atoms with Crippen LogP contribution in [-0.2, 0) is 0 Å². The average molecular weight is 307 g/mol. The van der Waals surface area contributed by atoms with Crippen molar-refractivity contribution in [2.45, 2.75) is 0 Å². The van der Waals surface area contributed by atoms with Crippen molar-refractivity contribution < 1.29 is 4.79 Å². The number of hydrogen-bond acceptors (Lipinski definition) is 1. The Morgan fingerprint density at radius 1 is 0.667 bits per heavy atom. The van der Waals surface area contributed by atoms with Crippen molar-refractivity contribution in [3.63, 3.8) is 0 Å². The highest BCUT2D eigenvalue weighted by Gasteiger charge is 2.10. The van der Waals surface area contributed by atoms with Gasteiger partial charge in [0.25, 0.3) is 0 Å². The molecular formula is C23H15O. The molecule has 0 spiro atoms. The Balaban J connectivity index is 1.75. The second kappa shape index (κ2) is 6.13. The van der Waals surface area contributed by atoms with Crippen molar-refractivity contribution >= 4 is 16.6 Å². The number of carbonyl (C=O) groups is 1. The fourth-order valence-corrected chi connectivity index (χ4v) is 2.89. The number of benzene rings is 4. The van der Waals surface area contributed by atoms with Crippen LogP contribution in [0.3, 0.4) is 0 Å². The summed E-state index contributed by atoms with van der Waals surface area (Å²) < 4.78 is 0. The maximum absolute atomic E-state index is 12.6. The molecule has 4 aromatic rings. The molecule has 0 amide bonds. The lowest BCUT2D eigenvalue weighted by Crippen LogP contribution is -2.00. The highest BCUT2D eigenvalue weighted by molar-refractivity contribution is 6.09. The molecule has 0 aromatic heterocycles. The SMILES string of the molecule is O=C(c1ccccc1)c1cc[c]c(-c2ccc3ccccc3c2)c1. The van der Waals surface area contributed by atoms with Crippen molar-refractivity contribution in [1.29, 1.82) is 0 Å². The standard InChI is InChI=1S/C23H15O/c24-23(18-8-2-1-3-9-18)22-12-6-11-20(16-22)21-14-13-17-7-4-5-10-19(17)15-21/h1-10,12-16H. The monoisotopic (exact) mass is 307 g/mol. The van der Waals surface area contributed by atoms with Crippen LogP contribution in [0.25, 0.3) is 21.9 Å². The molecule has 1 radical (unpaired) electrons. The van der Waals surface area contributed by atoms with E-state index in [1.165, 1.54) is 10.8 Å². The predicted molar refractivity (Wildman–Crippen MR) is 98.1 cm³/mol. The molecule has 1 nitrogen and oxygen atoms in total. The first-order valence-electron chi connectivity index (χ1n) is 7.92. The van der Waals surface area contributed by atoms with Gasteiger partial charge in [-0.05, 0) is 40.1 Å². The normalized spacial score (nSPS) is 10.7. The van der Waals surface area contributed by atoms with Gasteiger partial charge >= 0.3 is 0 Å². The van der Waals surface area contributed by atoms with Gasteiger partial charge in [-0.15, -0.1) is 0 Å². The van der Waals surface area contributed by atoms with E-state index in [1.54, 1.807) is 0 Å². The van der Waals surface area contributed by atoms with Crippen molar-refractivity contribution in [2.75, 3.05) is 0 Å². The molecule has 0 fully saturated rings. The van der Waals surface area contributed by atoms with Gasteiger partial charge in [-0.1, -0.05) is 78.9 Å². The lowest BCUT2D eigenvalue weighted by molar-refractivity contribution is 0.103. The van der Waals surface area contributed by atoms with Crippen molar-refractivity contribution in [3.8, 4) is 11.1 Å². The van der Waals surface area contributed by atoms with E-state index >= 15 is 0 Å². The van der Waals surface area contributed by atoms with Gasteiger partial charge in [0.05, 0.1) is 0 Å². The van der Waals surface area contributed by atoms with Crippen LogP contribution >= 0.6 is 0 Å². The molecular weight excluding hydrogens is 292 g/mol. The van der Waals surface area contributed by atoms with Crippen molar-refractivity contribution in [2.24, 2.45) is 0 Å². The van der Waals surface area contributed by atoms with Gasteiger partial charge in [0.1, 0.15) is 0 Å². The fraction of sp³-hybridized carbons (Fsp3) is 0. The fourth-order valence-electron chi connectivity index (χ4n) is 2.89. The van der Waals surface area contributed by atoms with Crippen LogP contribution in [0.15, 0.2) is 91.0 Å². The molecule has 0 unspecified atom stereocenters. The molecule has 0 N–H and O–H groups in total. The average Bonchev–Trinajstić information content (AvgIpc) is 2.68. The lowest BCUT2D eigenvalue weighted by Gasteiger charge is -2.06. The summed E-state index contributed by atoms with van der Waals surface area (Å²) in [7, 11) is 0. The molecule has 0 saturated heterocycles. The highest BCUT2D eigenvalue weighted by Crippen LogP contribution is 2.25. The summed E-state index contributed by atoms with van der Waals surface area (Å²) in [6.07, 6.45) is 0. The van der Waals surface area contributed by atoms with Gasteiger partial charge in [-0.3, -0.25) is 4.79 Å². The summed E-state index contributed by atoms with van der Waals surface area (Å²) in [5, 5.41) is 2.39. The Hall–Kier alpha value is -3.19. The molecule has 0 bridgehead atoms. The molecule has 0 aliphatic carbocycles. The second-order valence-electron chi connectivity index (χ2n) is 5.75. The molecule has 0 aliphatic rings. The van der Waals surface area contributed by atoms with Crippen LogP contribution in [0, 0.1) is 6.07 Å². The van der Waals surface area contributed by atoms with Crippen LogP contribution in [-0.4, -0.2) is 5.78 Å². The minimum Gasteiger partial charge on any atom is -0.289 e. The van der Waals surface area contributed by atoms with Crippen molar-refractivity contribution in [3.05, 3.63) is 108 Å². The van der Waals surface area contributed by atoms with E-state index < -0.39 is 0 Å². The molecule has 4 aromatic carbocycles. The summed E-state index contributed by atoms with van der Waals surface area (Å²) in [5.74, 6) is 0.0339. The third kappa shape index (κ3) is 2.72. The number of hydrogen-bond donors (Lipinski definition) is 0. The minimum atomic E-state index is 0.0339. The summed E-state index contributed by atoms with van der Waals surface area (Å²) in [4.78, 5) is 12.6. The van der Waals surface area contributed by atoms with Gasteiger partial charge in [0, 0.05) is 11.1 Å². The summed E-state index contributed by atoms with van der Waals surface area (Å²) in [5.41, 5.74) is 3.38. The Kier molecular flexibility index (Phi) is 3.68. The van der Waals surface area contributed by atoms with Gasteiger partial charge in [0.2, 0.25) is 0 Å². The molecule has 0 heterocycles. The van der Waals surface area contributed by atoms with Gasteiger partial charge in [-0.2, -0.15) is 0 Å². The first-order valence-corrected chi connectivity index (χ1v) is 7.92. The largest absolute Gasteiger partial charge is 0.289 e. The Labute approximate surface area is 141 Å². The highest BCUT2D eigenvalue weighted by atomic mass is 16.1. The van der Waals surface area contributed by atoms with Crippen LogP contribution in [0.5, 0.6) is 0 Å². The van der Waals surface area contributed by atoms with E-state index in [2.05, 4.69) is 36.4 Å². The maximum Gasteiger partial charge on any atom is 0.193 e. The zero-order chi connectivity index (χ0) is 16.4. The zero-order valence-corrected chi connectivity index (χ0v) is 13.1. The third-order valence-corrected chi connectivity index (χ3v) is 4.16. The van der Waals surface area contributed by atoms with Gasteiger partial charge in [-0.25, -0.2) is 0 Å². The Morgan fingerprint density at radius 2 is 1.42 bits per heavy atom. The first-order chi connectivity index (χ1) is 11.8. The zero-order valence-electron chi connectivity index (χ0n) is 13.1. The van der Waals surface area contributed by atoms with Crippen LogP contribution in [0.4, 0.5) is 0 Å². The number of rotatable bonds is 3. The second-order valence-corrected chi connectivity index (χ2v) is 5.75. The van der Waals surface area contributed by atoms with E-state index in [9.17, 15) is 4.79 Å². The maximum atomic E-state index is 12.6. The topological polar surface area (TPSA) is 17.1 Å². The third-order valence-electron chi connectivity index (χ3n) is 4.16. The molecule has 0 atom stereocenters. The Morgan fingerprint density at radius 3 is 2.25 bits per heavy atom. The first kappa shape index (κ1) is 14.4. The molecule has 1 heteroatoms. The van der Waals surface area contributed by atoms with Crippen LogP contribution in [0.2, 0.25) is 0 Å². The quantitative estimate of drug-likeness (QED) is 0.454. The molecule has 24 heavy (non-hydrogen) atoms. The molecule has 4 rings (SSSR count). The summed E-state index contributed by atoms with van der Waals surface area (Å²) in [6.45, 7) is 0. The van der Waals surface area contributed by atoms with E-state index in [0.29, 0.717) is 11.1 Å². The van der Waals surface area contributed by atoms with E-state index in [4.69, 9.17) is 0 Å². The smallest absolute Gasteiger partial charge is 0.193 e. The minimum absolute atomic E-state index is 0.0339. The number of carbonyl (C=O) groups excluding carboxylic acids is 1. The van der Waals surface area contributed by atoms with Gasteiger partial charge < -0.3 is 0 Å². The van der Waals surface area contributed by atoms with Crippen LogP contribution in [0.1, 0.15) is 15.9 Å². The number of ketones is 1. The van der Waals surface area contributed by atoms with E-state index in [0.717, 1.165) is 11.1 Å². The van der Waals surface area contributed by atoms with Crippen molar-refractivity contribution in [1.82, 2.24) is 0 Å².